The number of rotatable bonds is 2. The summed E-state index contributed by atoms with van der Waals surface area (Å²) in [7, 11) is 0. The van der Waals surface area contributed by atoms with E-state index in [9.17, 15) is 17.6 Å². The van der Waals surface area contributed by atoms with Crippen LogP contribution < -0.4 is 0 Å². The van der Waals surface area contributed by atoms with Crippen LogP contribution >= 0.6 is 22.6 Å². The van der Waals surface area contributed by atoms with Gasteiger partial charge < -0.3 is 0 Å². The first kappa shape index (κ1) is 18.2. The second-order valence-corrected chi connectivity index (χ2v) is 9.73. The molecule has 0 saturated heterocycles. The second kappa shape index (κ2) is 7.77. The molecule has 3 rings (SSSR count). The molecule has 3 aliphatic rings. The van der Waals surface area contributed by atoms with Crippen LogP contribution in [-0.4, -0.2) is 28.6 Å². The van der Waals surface area contributed by atoms with Crippen molar-refractivity contribution >= 4 is 22.6 Å². The Balaban J connectivity index is 1.54. The fourth-order valence-corrected chi connectivity index (χ4v) is 5.91. The van der Waals surface area contributed by atoms with E-state index in [4.69, 9.17) is 0 Å². The lowest BCUT2D eigenvalue weighted by molar-refractivity contribution is -0.0279. The van der Waals surface area contributed by atoms with Crippen molar-refractivity contribution in [3.63, 3.8) is 0 Å². The Labute approximate surface area is 150 Å². The highest BCUT2D eigenvalue weighted by Crippen LogP contribution is 2.47. The van der Waals surface area contributed by atoms with Crippen LogP contribution in [0.25, 0.3) is 0 Å². The van der Waals surface area contributed by atoms with Crippen LogP contribution in [0.5, 0.6) is 0 Å². The maximum atomic E-state index is 14.7. The lowest BCUT2D eigenvalue weighted by atomic mass is 9.65. The van der Waals surface area contributed by atoms with Crippen LogP contribution in [0, 0.1) is 23.7 Å². The summed E-state index contributed by atoms with van der Waals surface area (Å²) in [5, 5.41) is 0. The molecule has 23 heavy (non-hydrogen) atoms. The molecule has 0 bridgehead atoms. The fraction of sp³-hybridized carbons (Fsp3) is 1.00. The molecule has 0 aromatic rings. The molecule has 5 unspecified atom stereocenters. The third kappa shape index (κ3) is 4.17. The molecular weight excluding hydrogens is 419 g/mol. The van der Waals surface area contributed by atoms with Crippen molar-refractivity contribution in [2.45, 2.75) is 86.4 Å². The molecule has 0 amide bonds. The normalized spacial score (nSPS) is 52.3. The maximum Gasteiger partial charge on any atom is 0.162 e. The molecule has 0 spiro atoms. The Hall–Kier alpha value is 0.450. The summed E-state index contributed by atoms with van der Waals surface area (Å²) in [6, 6.07) is 0. The van der Waals surface area contributed by atoms with E-state index >= 15 is 0 Å². The van der Waals surface area contributed by atoms with Crippen molar-refractivity contribution in [1.29, 1.82) is 0 Å². The first-order valence-corrected chi connectivity index (χ1v) is 10.4. The second-order valence-electron chi connectivity index (χ2n) is 7.97. The Bertz CT molecular complexity index is 373. The summed E-state index contributed by atoms with van der Waals surface area (Å²) in [6.07, 6.45) is 0.604. The van der Waals surface area contributed by atoms with Gasteiger partial charge in [0.1, 0.15) is 18.5 Å². The average molecular weight is 446 g/mol. The van der Waals surface area contributed by atoms with Gasteiger partial charge in [-0.05, 0) is 81.5 Å². The maximum absolute atomic E-state index is 14.7. The van der Waals surface area contributed by atoms with E-state index in [2.05, 4.69) is 22.6 Å². The Morgan fingerprint density at radius 2 is 1.09 bits per heavy atom. The SMILES string of the molecule is FC1CC(C2CCC(C3CCC(I)CC3)CC2F)CC(F)C1F. The van der Waals surface area contributed by atoms with Crippen molar-refractivity contribution in [1.82, 2.24) is 0 Å². The molecule has 0 N–H and O–H groups in total. The summed E-state index contributed by atoms with van der Waals surface area (Å²) in [5.74, 6) is 0.471. The van der Waals surface area contributed by atoms with Gasteiger partial charge in [-0.2, -0.15) is 0 Å². The molecule has 134 valence electrons. The summed E-state index contributed by atoms with van der Waals surface area (Å²) in [4.78, 5) is 0. The predicted molar refractivity (Wildman–Crippen MR) is 92.9 cm³/mol. The molecule has 0 aromatic heterocycles. The minimum Gasteiger partial charge on any atom is -0.247 e. The van der Waals surface area contributed by atoms with E-state index in [1.165, 1.54) is 25.7 Å². The minimum absolute atomic E-state index is 0.00269. The number of halogens is 5. The lowest BCUT2D eigenvalue weighted by Crippen LogP contribution is -2.43. The van der Waals surface area contributed by atoms with Gasteiger partial charge in [0.15, 0.2) is 6.17 Å². The van der Waals surface area contributed by atoms with E-state index in [1.807, 2.05) is 0 Å². The quantitative estimate of drug-likeness (QED) is 0.271. The van der Waals surface area contributed by atoms with Gasteiger partial charge >= 0.3 is 0 Å². The van der Waals surface area contributed by atoms with E-state index in [1.54, 1.807) is 0 Å². The molecule has 0 aromatic carbocycles. The fourth-order valence-electron chi connectivity index (χ4n) is 5.19. The van der Waals surface area contributed by atoms with Gasteiger partial charge in [-0.1, -0.05) is 22.6 Å². The third-order valence-electron chi connectivity index (χ3n) is 6.58. The summed E-state index contributed by atoms with van der Waals surface area (Å²) in [6.45, 7) is 0. The Morgan fingerprint density at radius 3 is 1.65 bits per heavy atom. The molecular formula is C18H27F4I. The molecule has 3 saturated carbocycles. The van der Waals surface area contributed by atoms with Gasteiger partial charge in [-0.3, -0.25) is 0 Å². The van der Waals surface area contributed by atoms with Gasteiger partial charge in [0.25, 0.3) is 0 Å². The van der Waals surface area contributed by atoms with Gasteiger partial charge in [0, 0.05) is 3.92 Å². The minimum atomic E-state index is -2.01. The number of hydrogen-bond acceptors (Lipinski definition) is 0. The van der Waals surface area contributed by atoms with Crippen LogP contribution in [0.4, 0.5) is 17.6 Å². The Kier molecular flexibility index (Phi) is 6.17. The highest BCUT2D eigenvalue weighted by molar-refractivity contribution is 14.1. The van der Waals surface area contributed by atoms with Gasteiger partial charge in [0.2, 0.25) is 0 Å². The van der Waals surface area contributed by atoms with E-state index in [0.29, 0.717) is 18.3 Å². The molecule has 0 radical (unpaired) electrons. The van der Waals surface area contributed by atoms with Gasteiger partial charge in [-0.15, -0.1) is 0 Å². The van der Waals surface area contributed by atoms with Gasteiger partial charge in [-0.25, -0.2) is 17.6 Å². The van der Waals surface area contributed by atoms with Crippen LogP contribution in [-0.2, 0) is 0 Å². The third-order valence-corrected chi connectivity index (χ3v) is 7.83. The van der Waals surface area contributed by atoms with Crippen LogP contribution in [0.2, 0.25) is 0 Å². The average Bonchev–Trinajstić information content (AvgIpc) is 2.53. The zero-order valence-electron chi connectivity index (χ0n) is 13.4. The van der Waals surface area contributed by atoms with Crippen molar-refractivity contribution in [2.75, 3.05) is 0 Å². The predicted octanol–water partition coefficient (Wildman–Crippen LogP) is 6.16. The van der Waals surface area contributed by atoms with Crippen molar-refractivity contribution in [3.8, 4) is 0 Å². The van der Waals surface area contributed by atoms with Crippen molar-refractivity contribution in [3.05, 3.63) is 0 Å². The van der Waals surface area contributed by atoms with Crippen LogP contribution in [0.15, 0.2) is 0 Å². The van der Waals surface area contributed by atoms with E-state index in [-0.39, 0.29) is 24.7 Å². The lowest BCUT2D eigenvalue weighted by Gasteiger charge is -2.43. The highest BCUT2D eigenvalue weighted by atomic mass is 127. The van der Waals surface area contributed by atoms with Crippen LogP contribution in [0.3, 0.4) is 0 Å². The topological polar surface area (TPSA) is 0 Å². The first-order chi connectivity index (χ1) is 11.0. The van der Waals surface area contributed by atoms with Crippen LogP contribution in [0.1, 0.15) is 57.8 Å². The molecule has 5 atom stereocenters. The first-order valence-electron chi connectivity index (χ1n) is 9.16. The zero-order valence-corrected chi connectivity index (χ0v) is 15.6. The molecule has 0 nitrogen and oxygen atoms in total. The number of alkyl halides is 5. The molecule has 3 aliphatic carbocycles. The summed E-state index contributed by atoms with van der Waals surface area (Å²) >= 11 is 2.50. The summed E-state index contributed by atoms with van der Waals surface area (Å²) < 4.78 is 56.0. The summed E-state index contributed by atoms with van der Waals surface area (Å²) in [5.41, 5.74) is 0. The standard InChI is InChI=1S/C18H27F4I/c19-15-7-11(10-1-4-13(23)5-2-10)3-6-14(15)12-8-16(20)18(22)17(21)9-12/h10-18H,1-9H2. The molecule has 0 heterocycles. The van der Waals surface area contributed by atoms with E-state index < -0.39 is 24.7 Å². The van der Waals surface area contributed by atoms with Gasteiger partial charge in [0.05, 0.1) is 0 Å². The Morgan fingerprint density at radius 1 is 0.565 bits per heavy atom. The largest absolute Gasteiger partial charge is 0.247 e. The molecule has 0 aliphatic heterocycles. The van der Waals surface area contributed by atoms with E-state index in [0.717, 1.165) is 16.8 Å². The van der Waals surface area contributed by atoms with Crippen molar-refractivity contribution in [2.24, 2.45) is 23.7 Å². The molecule has 5 heteroatoms. The zero-order chi connectivity index (χ0) is 16.6. The monoisotopic (exact) mass is 446 g/mol. The smallest absolute Gasteiger partial charge is 0.162 e. The number of hydrogen-bond donors (Lipinski definition) is 0. The highest BCUT2D eigenvalue weighted by Gasteiger charge is 2.45. The van der Waals surface area contributed by atoms with Crippen molar-refractivity contribution < 1.29 is 17.6 Å². The molecule has 3 fully saturated rings.